The summed E-state index contributed by atoms with van der Waals surface area (Å²) in [5.41, 5.74) is 6.17. The topological polar surface area (TPSA) is 49.6 Å². The lowest BCUT2D eigenvalue weighted by Gasteiger charge is -2.22. The number of likely N-dealkylation sites (N-methyl/N-ethyl adjacent to an activating group) is 1. The van der Waals surface area contributed by atoms with Crippen molar-refractivity contribution in [1.29, 1.82) is 0 Å². The Balaban J connectivity index is 1.89. The molecule has 0 aromatic heterocycles. The van der Waals surface area contributed by atoms with E-state index in [0.717, 1.165) is 44.3 Å². The fraction of sp³-hybridized carbons (Fsp3) is 0.562. The Labute approximate surface area is 129 Å². The van der Waals surface area contributed by atoms with E-state index in [1.54, 1.807) is 0 Å². The maximum atomic E-state index is 13.6. The molecule has 1 aromatic carbocycles. The van der Waals surface area contributed by atoms with Crippen molar-refractivity contribution < 1.29 is 13.6 Å². The van der Waals surface area contributed by atoms with Gasteiger partial charge in [-0.2, -0.15) is 0 Å². The first-order valence-corrected chi connectivity index (χ1v) is 7.61. The van der Waals surface area contributed by atoms with E-state index in [1.165, 1.54) is 0 Å². The lowest BCUT2D eigenvalue weighted by molar-refractivity contribution is -0.131. The Hall–Kier alpha value is -1.53. The number of carbonyl (C=O) groups is 1. The maximum Gasteiger partial charge on any atom is 0.224 e. The SMILES string of the molecule is CN1CCCN(C(=O)C[C@H](N)Cc2cc(F)ccc2F)CC1. The Kier molecular flexibility index (Phi) is 5.85. The molecule has 0 spiro atoms. The van der Waals surface area contributed by atoms with Gasteiger partial charge in [0.15, 0.2) is 0 Å². The molecule has 4 nitrogen and oxygen atoms in total. The first-order valence-electron chi connectivity index (χ1n) is 7.61. The molecule has 0 bridgehead atoms. The fourth-order valence-electron chi connectivity index (χ4n) is 2.70. The number of carbonyl (C=O) groups excluding carboxylic acids is 1. The smallest absolute Gasteiger partial charge is 0.224 e. The molecule has 0 saturated carbocycles. The summed E-state index contributed by atoms with van der Waals surface area (Å²) in [7, 11) is 2.03. The molecule has 1 amide bonds. The van der Waals surface area contributed by atoms with Crippen molar-refractivity contribution in [3.05, 3.63) is 35.4 Å². The maximum absolute atomic E-state index is 13.6. The minimum Gasteiger partial charge on any atom is -0.341 e. The summed E-state index contributed by atoms with van der Waals surface area (Å²) in [5, 5.41) is 0. The molecule has 2 rings (SSSR count). The van der Waals surface area contributed by atoms with Crippen molar-refractivity contribution in [2.24, 2.45) is 5.73 Å². The molecule has 1 aromatic rings. The van der Waals surface area contributed by atoms with Gasteiger partial charge in [0.25, 0.3) is 0 Å². The average Bonchev–Trinajstić information content (AvgIpc) is 2.67. The molecule has 1 fully saturated rings. The predicted molar refractivity (Wildman–Crippen MR) is 81.3 cm³/mol. The molecule has 2 N–H and O–H groups in total. The van der Waals surface area contributed by atoms with Gasteiger partial charge in [-0.3, -0.25) is 4.79 Å². The van der Waals surface area contributed by atoms with Crippen LogP contribution in [0.3, 0.4) is 0 Å². The second-order valence-corrected chi connectivity index (χ2v) is 5.94. The molecule has 1 saturated heterocycles. The zero-order valence-corrected chi connectivity index (χ0v) is 12.9. The zero-order chi connectivity index (χ0) is 16.1. The van der Waals surface area contributed by atoms with Crippen LogP contribution in [0.2, 0.25) is 0 Å². The summed E-state index contributed by atoms with van der Waals surface area (Å²) in [5.74, 6) is -0.995. The summed E-state index contributed by atoms with van der Waals surface area (Å²) in [6.07, 6.45) is 1.25. The first kappa shape index (κ1) is 16.8. The van der Waals surface area contributed by atoms with Gasteiger partial charge in [0.1, 0.15) is 11.6 Å². The molecular weight excluding hydrogens is 288 g/mol. The highest BCUT2D eigenvalue weighted by Gasteiger charge is 2.20. The third-order valence-electron chi connectivity index (χ3n) is 4.00. The second kappa shape index (κ2) is 7.65. The Morgan fingerprint density at radius 2 is 2.05 bits per heavy atom. The van der Waals surface area contributed by atoms with Gasteiger partial charge in [0.05, 0.1) is 0 Å². The van der Waals surface area contributed by atoms with Crippen LogP contribution in [0.5, 0.6) is 0 Å². The number of benzene rings is 1. The normalized spacial score (nSPS) is 18.1. The quantitative estimate of drug-likeness (QED) is 0.914. The summed E-state index contributed by atoms with van der Waals surface area (Å²) >= 11 is 0. The van der Waals surface area contributed by atoms with Crippen LogP contribution in [0, 0.1) is 11.6 Å². The average molecular weight is 311 g/mol. The molecule has 0 radical (unpaired) electrons. The van der Waals surface area contributed by atoms with E-state index in [2.05, 4.69) is 4.90 Å². The Morgan fingerprint density at radius 3 is 2.82 bits per heavy atom. The van der Waals surface area contributed by atoms with Crippen LogP contribution in [0.25, 0.3) is 0 Å². The molecule has 0 unspecified atom stereocenters. The molecule has 1 aliphatic rings. The number of rotatable bonds is 4. The fourth-order valence-corrected chi connectivity index (χ4v) is 2.70. The van der Waals surface area contributed by atoms with Crippen molar-refractivity contribution in [2.45, 2.75) is 25.3 Å². The second-order valence-electron chi connectivity index (χ2n) is 5.94. The van der Waals surface area contributed by atoms with Crippen LogP contribution in [-0.4, -0.2) is 55.0 Å². The summed E-state index contributed by atoms with van der Waals surface area (Å²) in [6, 6.07) is 2.79. The lowest BCUT2D eigenvalue weighted by Crippen LogP contribution is -2.38. The molecular formula is C16H23F2N3O. The van der Waals surface area contributed by atoms with Gasteiger partial charge in [-0.25, -0.2) is 8.78 Å². The molecule has 122 valence electrons. The first-order chi connectivity index (χ1) is 10.5. The molecule has 1 heterocycles. The number of amides is 1. The van der Waals surface area contributed by atoms with E-state index in [-0.39, 0.29) is 24.3 Å². The van der Waals surface area contributed by atoms with Crippen LogP contribution in [0.4, 0.5) is 8.78 Å². The Morgan fingerprint density at radius 1 is 1.27 bits per heavy atom. The van der Waals surface area contributed by atoms with Gasteiger partial charge in [0.2, 0.25) is 5.91 Å². The highest BCUT2D eigenvalue weighted by atomic mass is 19.1. The Bertz CT molecular complexity index is 524. The van der Waals surface area contributed by atoms with E-state index in [4.69, 9.17) is 5.73 Å². The summed E-state index contributed by atoms with van der Waals surface area (Å²) < 4.78 is 26.7. The number of nitrogens with zero attached hydrogens (tertiary/aromatic N) is 2. The van der Waals surface area contributed by atoms with Gasteiger partial charge in [0, 0.05) is 32.1 Å². The van der Waals surface area contributed by atoms with E-state index >= 15 is 0 Å². The minimum atomic E-state index is -0.509. The lowest BCUT2D eigenvalue weighted by atomic mass is 10.0. The largest absolute Gasteiger partial charge is 0.341 e. The van der Waals surface area contributed by atoms with Crippen LogP contribution >= 0.6 is 0 Å². The van der Waals surface area contributed by atoms with Crippen molar-refractivity contribution in [3.8, 4) is 0 Å². The molecule has 1 atom stereocenters. The molecule has 6 heteroatoms. The zero-order valence-electron chi connectivity index (χ0n) is 12.9. The standard InChI is InChI=1S/C16H23F2N3O/c1-20-5-2-6-21(8-7-20)16(22)11-14(19)10-12-9-13(17)3-4-15(12)18/h3-4,9,14H,2,5-8,10-11,19H2,1H3/t14-/m1/s1. The third-order valence-corrected chi connectivity index (χ3v) is 4.00. The highest BCUT2D eigenvalue weighted by molar-refractivity contribution is 5.76. The van der Waals surface area contributed by atoms with Crippen molar-refractivity contribution >= 4 is 5.91 Å². The van der Waals surface area contributed by atoms with Crippen LogP contribution in [0.15, 0.2) is 18.2 Å². The molecule has 22 heavy (non-hydrogen) atoms. The molecule has 0 aliphatic carbocycles. The van der Waals surface area contributed by atoms with Gasteiger partial charge in [-0.15, -0.1) is 0 Å². The predicted octanol–water partition coefficient (Wildman–Crippen LogP) is 1.39. The van der Waals surface area contributed by atoms with Crippen LogP contribution in [0.1, 0.15) is 18.4 Å². The van der Waals surface area contributed by atoms with E-state index in [1.807, 2.05) is 11.9 Å². The van der Waals surface area contributed by atoms with Crippen molar-refractivity contribution in [3.63, 3.8) is 0 Å². The van der Waals surface area contributed by atoms with Gasteiger partial charge >= 0.3 is 0 Å². The summed E-state index contributed by atoms with van der Waals surface area (Å²) in [4.78, 5) is 16.3. The third kappa shape index (κ3) is 4.74. The van der Waals surface area contributed by atoms with E-state index < -0.39 is 17.7 Å². The number of hydrogen-bond acceptors (Lipinski definition) is 3. The van der Waals surface area contributed by atoms with Crippen molar-refractivity contribution in [2.75, 3.05) is 33.2 Å². The van der Waals surface area contributed by atoms with Gasteiger partial charge in [-0.05, 0) is 50.2 Å². The van der Waals surface area contributed by atoms with Crippen LogP contribution in [-0.2, 0) is 11.2 Å². The van der Waals surface area contributed by atoms with Crippen molar-refractivity contribution in [1.82, 2.24) is 9.80 Å². The number of halogens is 2. The van der Waals surface area contributed by atoms with Gasteiger partial charge in [-0.1, -0.05) is 0 Å². The van der Waals surface area contributed by atoms with Crippen LogP contribution < -0.4 is 5.73 Å². The number of nitrogens with two attached hydrogens (primary N) is 1. The van der Waals surface area contributed by atoms with E-state index in [0.29, 0.717) is 6.54 Å². The van der Waals surface area contributed by atoms with Gasteiger partial charge < -0.3 is 15.5 Å². The summed E-state index contributed by atoms with van der Waals surface area (Å²) in [6.45, 7) is 3.24. The number of hydrogen-bond donors (Lipinski definition) is 1. The minimum absolute atomic E-state index is 0.0142. The monoisotopic (exact) mass is 311 g/mol. The highest BCUT2D eigenvalue weighted by Crippen LogP contribution is 2.13. The molecule has 1 aliphatic heterocycles. The van der Waals surface area contributed by atoms with E-state index in [9.17, 15) is 13.6 Å².